The molecule has 309 valence electrons. The van der Waals surface area contributed by atoms with E-state index in [1.54, 1.807) is 10.8 Å². The monoisotopic (exact) mass is 986 g/mol. The molecule has 6 nitrogen and oxygen atoms in total. The summed E-state index contributed by atoms with van der Waals surface area (Å²) in [4.78, 5) is 19.1. The van der Waals surface area contributed by atoms with E-state index in [1.165, 1.54) is 48.8 Å². The first-order chi connectivity index (χ1) is 28.2. The van der Waals surface area contributed by atoms with Crippen LogP contribution in [0.3, 0.4) is 0 Å². The SMILES string of the molecule is C[Si](C)(C)c1cnc(-c2[c-]cccc2)cc1CC1CC2CCC1C2.Cc1cc(C)c(-n2c(-c3[c-]cc(C)c4c3oc3c(C)nc(C)cc34)nc3cnc(C)cc32)c(C)c1.[Ir]. The van der Waals surface area contributed by atoms with Gasteiger partial charge < -0.3 is 14.0 Å². The number of furan rings is 1. The van der Waals surface area contributed by atoms with Gasteiger partial charge in [-0.05, 0) is 119 Å². The maximum Gasteiger partial charge on any atom is 0.142 e. The fourth-order valence-electron chi connectivity index (χ4n) is 10.4. The number of aromatic nitrogens is 5. The number of rotatable bonds is 6. The Morgan fingerprint density at radius 1 is 0.800 bits per heavy atom. The summed E-state index contributed by atoms with van der Waals surface area (Å²) >= 11 is 0. The smallest absolute Gasteiger partial charge is 0.142 e. The minimum absolute atomic E-state index is 0. The van der Waals surface area contributed by atoms with Crippen molar-refractivity contribution in [3.8, 4) is 28.3 Å². The van der Waals surface area contributed by atoms with E-state index >= 15 is 0 Å². The van der Waals surface area contributed by atoms with Crippen LogP contribution in [0.2, 0.25) is 19.6 Å². The second-order valence-electron chi connectivity index (χ2n) is 18.6. The molecular formula is C52H55IrN5OSi-2. The Kier molecular flexibility index (Phi) is 11.4. The molecule has 5 heterocycles. The quantitative estimate of drug-likeness (QED) is 0.123. The molecule has 3 aromatic carbocycles. The van der Waals surface area contributed by atoms with Crippen molar-refractivity contribution in [2.75, 3.05) is 0 Å². The van der Waals surface area contributed by atoms with Gasteiger partial charge >= 0.3 is 0 Å². The third-order valence-corrected chi connectivity index (χ3v) is 15.0. The van der Waals surface area contributed by atoms with E-state index < -0.39 is 8.07 Å². The van der Waals surface area contributed by atoms with E-state index in [-0.39, 0.29) is 20.1 Å². The number of fused-ring (bicyclic) bond motifs is 6. The number of imidazole rings is 1. The second-order valence-corrected chi connectivity index (χ2v) is 23.6. The molecule has 2 aliphatic carbocycles. The summed E-state index contributed by atoms with van der Waals surface area (Å²) in [5, 5.41) is 3.73. The van der Waals surface area contributed by atoms with Gasteiger partial charge in [0.1, 0.15) is 5.58 Å². The fourth-order valence-corrected chi connectivity index (χ4v) is 12.0. The number of nitrogens with zero attached hydrogens (tertiary/aromatic N) is 5. The molecule has 2 saturated carbocycles. The molecule has 0 spiro atoms. The molecule has 8 aromatic rings. The predicted octanol–water partition coefficient (Wildman–Crippen LogP) is 12.4. The minimum atomic E-state index is -1.37. The van der Waals surface area contributed by atoms with Gasteiger partial charge in [0.2, 0.25) is 0 Å². The molecule has 3 unspecified atom stereocenters. The van der Waals surface area contributed by atoms with Crippen LogP contribution in [0.25, 0.3) is 61.3 Å². The Bertz CT molecular complexity index is 2880. The zero-order chi connectivity index (χ0) is 41.3. The molecule has 0 aliphatic heterocycles. The van der Waals surface area contributed by atoms with Crippen LogP contribution in [0.15, 0.2) is 77.5 Å². The van der Waals surface area contributed by atoms with Gasteiger partial charge in [0, 0.05) is 48.8 Å². The molecule has 0 N–H and O–H groups in total. The molecule has 1 radical (unpaired) electrons. The summed E-state index contributed by atoms with van der Waals surface area (Å²) in [5.74, 6) is 3.73. The Morgan fingerprint density at radius 2 is 1.58 bits per heavy atom. The van der Waals surface area contributed by atoms with Crippen LogP contribution in [-0.2, 0) is 26.5 Å². The Balaban J connectivity index is 0.000000175. The van der Waals surface area contributed by atoms with E-state index in [0.717, 1.165) is 102 Å². The molecule has 2 bridgehead atoms. The van der Waals surface area contributed by atoms with Gasteiger partial charge in [-0.2, -0.15) is 0 Å². The number of aryl methyl sites for hydroxylation is 7. The molecule has 3 atom stereocenters. The van der Waals surface area contributed by atoms with Crippen molar-refractivity contribution in [3.05, 3.63) is 130 Å². The number of benzene rings is 3. The van der Waals surface area contributed by atoms with Gasteiger partial charge in [0.15, 0.2) is 0 Å². The van der Waals surface area contributed by atoms with Crippen LogP contribution >= 0.6 is 0 Å². The molecule has 5 aromatic heterocycles. The molecule has 0 saturated heterocycles. The van der Waals surface area contributed by atoms with E-state index in [0.29, 0.717) is 0 Å². The summed E-state index contributed by atoms with van der Waals surface area (Å²) < 4.78 is 8.78. The molecule has 8 heteroatoms. The largest absolute Gasteiger partial charge is 0.499 e. The van der Waals surface area contributed by atoms with Crippen LogP contribution in [-0.4, -0.2) is 32.6 Å². The van der Waals surface area contributed by atoms with Crippen molar-refractivity contribution in [3.63, 3.8) is 0 Å². The van der Waals surface area contributed by atoms with E-state index in [2.05, 4.69) is 123 Å². The second kappa shape index (κ2) is 16.3. The van der Waals surface area contributed by atoms with Crippen LogP contribution in [0.4, 0.5) is 0 Å². The molecular weight excluding hydrogens is 931 g/mol. The third kappa shape index (κ3) is 7.72. The average molecular weight is 986 g/mol. The third-order valence-electron chi connectivity index (χ3n) is 12.9. The van der Waals surface area contributed by atoms with Gasteiger partial charge in [-0.15, -0.1) is 53.6 Å². The summed E-state index contributed by atoms with van der Waals surface area (Å²) in [6.07, 6.45) is 11.2. The Morgan fingerprint density at radius 3 is 2.27 bits per heavy atom. The first-order valence-electron chi connectivity index (χ1n) is 21.4. The fraction of sp³-hybridized carbons (Fsp3) is 0.346. The Hall–Kier alpha value is -4.75. The van der Waals surface area contributed by atoms with Crippen LogP contribution in [0.5, 0.6) is 0 Å². The van der Waals surface area contributed by atoms with Crippen molar-refractivity contribution < 1.29 is 24.5 Å². The maximum atomic E-state index is 6.53. The number of hydrogen-bond acceptors (Lipinski definition) is 5. The van der Waals surface area contributed by atoms with Crippen molar-refractivity contribution in [1.82, 2.24) is 24.5 Å². The molecule has 0 amide bonds. The topological polar surface area (TPSA) is 69.6 Å². The van der Waals surface area contributed by atoms with Crippen LogP contribution < -0.4 is 5.19 Å². The van der Waals surface area contributed by atoms with E-state index in [9.17, 15) is 0 Å². The average Bonchev–Trinajstić information content (AvgIpc) is 3.98. The van der Waals surface area contributed by atoms with Gasteiger partial charge in [-0.25, -0.2) is 0 Å². The first-order valence-corrected chi connectivity index (χ1v) is 24.9. The van der Waals surface area contributed by atoms with Crippen molar-refractivity contribution in [2.24, 2.45) is 17.8 Å². The number of hydrogen-bond donors (Lipinski definition) is 0. The minimum Gasteiger partial charge on any atom is -0.499 e. The van der Waals surface area contributed by atoms with Gasteiger partial charge in [-0.3, -0.25) is 15.0 Å². The summed E-state index contributed by atoms with van der Waals surface area (Å²) in [6, 6.07) is 28.1. The standard InChI is InChI=1S/C30H27N4O.C22H28NSi.Ir/c1-15-10-17(3)27(18(4)11-15)34-25-13-19(5)31-14-24(25)33-30(34)22-9-8-16(2)26-23-12-20(6)32-21(7)28(23)35-29(22)26;1-24(2,3)22-15-23-21(17-7-5-4-6-8-17)14-20(22)13-19-12-16-9-10-18(19)11-16;/h8,10-14H,1-7H3;4-7,14-16,18-19H,9-13H2,1-3H3;/q2*-1;. The van der Waals surface area contributed by atoms with Crippen LogP contribution in [0.1, 0.15) is 70.6 Å². The molecule has 2 fully saturated rings. The molecule has 2 aliphatic rings. The van der Waals surface area contributed by atoms with E-state index in [4.69, 9.17) is 14.4 Å². The van der Waals surface area contributed by atoms with Gasteiger partial charge in [-0.1, -0.05) is 73.3 Å². The first kappa shape index (κ1) is 42.0. The normalized spacial score (nSPS) is 17.3. The zero-order valence-corrected chi connectivity index (χ0v) is 40.1. The van der Waals surface area contributed by atoms with Crippen molar-refractivity contribution in [2.45, 2.75) is 100 Å². The zero-order valence-electron chi connectivity index (χ0n) is 36.7. The Labute approximate surface area is 369 Å². The van der Waals surface area contributed by atoms with Crippen molar-refractivity contribution in [1.29, 1.82) is 0 Å². The van der Waals surface area contributed by atoms with Crippen molar-refractivity contribution >= 4 is 46.2 Å². The molecule has 60 heavy (non-hydrogen) atoms. The van der Waals surface area contributed by atoms with Gasteiger partial charge in [0.25, 0.3) is 0 Å². The summed E-state index contributed by atoms with van der Waals surface area (Å²) in [7, 11) is -1.37. The summed E-state index contributed by atoms with van der Waals surface area (Å²) in [5.41, 5.74) is 16.8. The summed E-state index contributed by atoms with van der Waals surface area (Å²) in [6.45, 7) is 21.9. The van der Waals surface area contributed by atoms with E-state index in [1.807, 2.05) is 45.2 Å². The molecule has 10 rings (SSSR count). The van der Waals surface area contributed by atoms with Crippen LogP contribution in [0, 0.1) is 78.4 Å². The van der Waals surface area contributed by atoms with Gasteiger partial charge in [0.05, 0.1) is 42.4 Å². The predicted molar refractivity (Wildman–Crippen MR) is 245 cm³/mol. The maximum absolute atomic E-state index is 6.53. The number of pyridine rings is 3.